The van der Waals surface area contributed by atoms with E-state index < -0.39 is 17.7 Å². The number of nitrogens with zero attached hydrogens (tertiary/aromatic N) is 1. The predicted molar refractivity (Wildman–Crippen MR) is 60.6 cm³/mol. The van der Waals surface area contributed by atoms with E-state index in [2.05, 4.69) is 10.3 Å². The molecule has 1 aromatic rings. The van der Waals surface area contributed by atoms with Crippen molar-refractivity contribution in [3.05, 3.63) is 35.4 Å². The van der Waals surface area contributed by atoms with Gasteiger partial charge in [-0.3, -0.25) is 4.99 Å². The fourth-order valence-corrected chi connectivity index (χ4v) is 1.67. The van der Waals surface area contributed by atoms with Crippen LogP contribution in [0.1, 0.15) is 18.0 Å². The van der Waals surface area contributed by atoms with Gasteiger partial charge >= 0.3 is 0 Å². The smallest absolute Gasteiger partial charge is 0.189 e. The van der Waals surface area contributed by atoms with Gasteiger partial charge in [0.1, 0.15) is 11.6 Å². The Balaban J connectivity index is 0.00000128. The summed E-state index contributed by atoms with van der Waals surface area (Å²) in [7, 11) is 0. The van der Waals surface area contributed by atoms with Crippen LogP contribution in [0.3, 0.4) is 0 Å². The maximum absolute atomic E-state index is 13.4. The van der Waals surface area contributed by atoms with Crippen molar-refractivity contribution in [3.63, 3.8) is 0 Å². The molecule has 1 aromatic carbocycles. The Kier molecular flexibility index (Phi) is 4.06. The molecule has 1 aliphatic heterocycles. The molecule has 0 fully saturated rings. The van der Waals surface area contributed by atoms with Crippen molar-refractivity contribution >= 4 is 18.4 Å². The molecule has 88 valence electrons. The molecule has 0 aliphatic carbocycles. The number of nitrogens with two attached hydrogens (primary N) is 1. The summed E-state index contributed by atoms with van der Waals surface area (Å²) >= 11 is 0. The van der Waals surface area contributed by atoms with Crippen LogP contribution in [0.25, 0.3) is 0 Å². The number of hydrogen-bond donors (Lipinski definition) is 2. The Hall–Kier alpha value is -1.36. The molecule has 1 unspecified atom stereocenters. The fourth-order valence-electron chi connectivity index (χ4n) is 1.67. The normalized spacial score (nSPS) is 19.4. The van der Waals surface area contributed by atoms with Gasteiger partial charge < -0.3 is 11.1 Å². The lowest BCUT2D eigenvalue weighted by Crippen LogP contribution is -2.39. The van der Waals surface area contributed by atoms with Crippen molar-refractivity contribution < 1.29 is 8.78 Å². The third-order valence-electron chi connectivity index (χ3n) is 2.37. The van der Waals surface area contributed by atoms with E-state index in [0.717, 1.165) is 0 Å². The summed E-state index contributed by atoms with van der Waals surface area (Å²) in [5.41, 5.74) is 5.49. The molecule has 6 heteroatoms. The minimum atomic E-state index is -0.554. The monoisotopic (exact) mass is 247 g/mol. The van der Waals surface area contributed by atoms with Gasteiger partial charge in [0.15, 0.2) is 5.96 Å². The molecule has 2 rings (SSSR count). The van der Waals surface area contributed by atoms with Gasteiger partial charge in [-0.25, -0.2) is 8.78 Å². The molecular formula is C10H12ClF2N3. The first-order valence-corrected chi connectivity index (χ1v) is 4.69. The highest BCUT2D eigenvalue weighted by molar-refractivity contribution is 5.85. The number of halogens is 3. The van der Waals surface area contributed by atoms with Crippen LogP contribution in [0.5, 0.6) is 0 Å². The highest BCUT2D eigenvalue weighted by atomic mass is 35.5. The van der Waals surface area contributed by atoms with Crippen LogP contribution in [-0.4, -0.2) is 12.5 Å². The standard InChI is InChI=1S/C10H11F2N3.ClH/c11-6-2-1-3-7(12)9(6)8-4-5-14-10(13)15-8;/h1-3,8H,4-5H2,(H3,13,14,15);1H. The van der Waals surface area contributed by atoms with Crippen molar-refractivity contribution in [1.82, 2.24) is 5.32 Å². The van der Waals surface area contributed by atoms with E-state index in [0.29, 0.717) is 13.0 Å². The van der Waals surface area contributed by atoms with E-state index in [1.54, 1.807) is 0 Å². The molecular weight excluding hydrogens is 236 g/mol. The van der Waals surface area contributed by atoms with Gasteiger partial charge in [-0.2, -0.15) is 0 Å². The zero-order chi connectivity index (χ0) is 10.8. The number of benzene rings is 1. The van der Waals surface area contributed by atoms with Crippen molar-refractivity contribution in [2.45, 2.75) is 12.5 Å². The van der Waals surface area contributed by atoms with E-state index in [1.165, 1.54) is 18.2 Å². The van der Waals surface area contributed by atoms with Crippen molar-refractivity contribution in [3.8, 4) is 0 Å². The van der Waals surface area contributed by atoms with E-state index >= 15 is 0 Å². The van der Waals surface area contributed by atoms with Crippen molar-refractivity contribution in [2.75, 3.05) is 6.54 Å². The average molecular weight is 248 g/mol. The lowest BCUT2D eigenvalue weighted by Gasteiger charge is -2.23. The van der Waals surface area contributed by atoms with Crippen LogP contribution in [0.4, 0.5) is 8.78 Å². The predicted octanol–water partition coefficient (Wildman–Crippen LogP) is 1.74. The minimum absolute atomic E-state index is 0. The molecule has 1 atom stereocenters. The molecule has 0 radical (unpaired) electrons. The first kappa shape index (κ1) is 12.7. The number of aliphatic imine (C=N–C) groups is 1. The third kappa shape index (κ3) is 2.41. The second kappa shape index (κ2) is 5.12. The maximum Gasteiger partial charge on any atom is 0.189 e. The van der Waals surface area contributed by atoms with E-state index in [9.17, 15) is 8.78 Å². The lowest BCUT2D eigenvalue weighted by atomic mass is 10.0. The van der Waals surface area contributed by atoms with Crippen molar-refractivity contribution in [1.29, 1.82) is 0 Å². The average Bonchev–Trinajstić information content (AvgIpc) is 2.17. The maximum atomic E-state index is 13.4. The highest BCUT2D eigenvalue weighted by Crippen LogP contribution is 2.24. The molecule has 16 heavy (non-hydrogen) atoms. The van der Waals surface area contributed by atoms with Crippen LogP contribution in [-0.2, 0) is 0 Å². The Bertz CT molecular complexity index is 389. The molecule has 3 N–H and O–H groups in total. The quantitative estimate of drug-likeness (QED) is 0.794. The SMILES string of the molecule is Cl.NC1=NCCC(c2c(F)cccc2F)N1. The number of nitrogens with one attached hydrogen (secondary N) is 1. The van der Waals surface area contributed by atoms with Gasteiger partial charge in [0.2, 0.25) is 0 Å². The van der Waals surface area contributed by atoms with Gasteiger partial charge in [0.25, 0.3) is 0 Å². The van der Waals surface area contributed by atoms with E-state index in [-0.39, 0.29) is 23.9 Å². The Morgan fingerprint density at radius 3 is 2.50 bits per heavy atom. The summed E-state index contributed by atoms with van der Waals surface area (Å²) < 4.78 is 26.8. The molecule has 3 nitrogen and oxygen atoms in total. The summed E-state index contributed by atoms with van der Waals surface area (Å²) in [6.45, 7) is 0.483. The van der Waals surface area contributed by atoms with Gasteiger partial charge in [0, 0.05) is 12.1 Å². The molecule has 0 bridgehead atoms. The van der Waals surface area contributed by atoms with Gasteiger partial charge in [-0.1, -0.05) is 6.07 Å². The molecule has 1 aliphatic rings. The summed E-state index contributed by atoms with van der Waals surface area (Å²) in [4.78, 5) is 3.90. The van der Waals surface area contributed by atoms with E-state index in [4.69, 9.17) is 5.73 Å². The molecule has 1 heterocycles. The first-order valence-electron chi connectivity index (χ1n) is 4.69. The first-order chi connectivity index (χ1) is 7.18. The third-order valence-corrected chi connectivity index (χ3v) is 2.37. The molecule has 0 saturated carbocycles. The number of hydrogen-bond acceptors (Lipinski definition) is 3. The van der Waals surface area contributed by atoms with E-state index in [1.807, 2.05) is 0 Å². The zero-order valence-corrected chi connectivity index (χ0v) is 9.23. The highest BCUT2D eigenvalue weighted by Gasteiger charge is 2.22. The van der Waals surface area contributed by atoms with Crippen LogP contribution in [0.2, 0.25) is 0 Å². The fraction of sp³-hybridized carbons (Fsp3) is 0.300. The van der Waals surface area contributed by atoms with Gasteiger partial charge in [-0.05, 0) is 18.6 Å². The van der Waals surface area contributed by atoms with Crippen LogP contribution in [0, 0.1) is 11.6 Å². The number of rotatable bonds is 1. The minimum Gasteiger partial charge on any atom is -0.370 e. The Labute approximate surface area is 98.2 Å². The zero-order valence-electron chi connectivity index (χ0n) is 8.41. The van der Waals surface area contributed by atoms with Crippen LogP contribution >= 0.6 is 12.4 Å². The molecule has 0 saturated heterocycles. The summed E-state index contributed by atoms with van der Waals surface area (Å²) in [5.74, 6) is -0.877. The van der Waals surface area contributed by atoms with Crippen LogP contribution < -0.4 is 11.1 Å². The van der Waals surface area contributed by atoms with Gasteiger partial charge in [0.05, 0.1) is 6.04 Å². The second-order valence-electron chi connectivity index (χ2n) is 3.39. The molecule has 0 amide bonds. The Morgan fingerprint density at radius 1 is 1.31 bits per heavy atom. The Morgan fingerprint density at radius 2 is 1.94 bits per heavy atom. The lowest BCUT2D eigenvalue weighted by molar-refractivity contribution is 0.482. The largest absolute Gasteiger partial charge is 0.370 e. The summed E-state index contributed by atoms with van der Waals surface area (Å²) in [6.07, 6.45) is 0.540. The van der Waals surface area contributed by atoms with Gasteiger partial charge in [-0.15, -0.1) is 12.4 Å². The summed E-state index contributed by atoms with van der Waals surface area (Å²) in [5, 5.41) is 2.76. The van der Waals surface area contributed by atoms with Crippen molar-refractivity contribution in [2.24, 2.45) is 10.7 Å². The molecule has 0 spiro atoms. The number of guanidine groups is 1. The topological polar surface area (TPSA) is 50.4 Å². The molecule has 0 aromatic heterocycles. The second-order valence-corrected chi connectivity index (χ2v) is 3.39. The van der Waals surface area contributed by atoms with Crippen LogP contribution in [0.15, 0.2) is 23.2 Å². The summed E-state index contributed by atoms with van der Waals surface area (Å²) in [6, 6.07) is 3.39.